The minimum atomic E-state index is -1.52. The summed E-state index contributed by atoms with van der Waals surface area (Å²) in [5.74, 6) is 0. The van der Waals surface area contributed by atoms with Crippen molar-refractivity contribution in [3.63, 3.8) is 0 Å². The number of nitrogens with zero attached hydrogens (tertiary/aromatic N) is 2. The first-order valence-electron chi connectivity index (χ1n) is 3.73. The molecule has 4 nitrogen and oxygen atoms in total. The molecule has 1 aromatic heterocycles. The van der Waals surface area contributed by atoms with Gasteiger partial charge in [0.2, 0.25) is 0 Å². The summed E-state index contributed by atoms with van der Waals surface area (Å²) in [5, 5.41) is 21.2. The lowest BCUT2D eigenvalue weighted by atomic mass is 9.83. The van der Waals surface area contributed by atoms with E-state index in [1.54, 1.807) is 0 Å². The first-order valence-corrected chi connectivity index (χ1v) is 3.73. The Morgan fingerprint density at radius 2 is 2.33 bits per heavy atom. The van der Waals surface area contributed by atoms with E-state index < -0.39 is 13.3 Å². The van der Waals surface area contributed by atoms with Crippen LogP contribution in [0.25, 0.3) is 0 Å². The Labute approximate surface area is 68.8 Å². The van der Waals surface area contributed by atoms with Crippen molar-refractivity contribution in [3.8, 4) is 0 Å². The van der Waals surface area contributed by atoms with E-state index in [2.05, 4.69) is 5.10 Å². The molecule has 2 unspecified atom stereocenters. The van der Waals surface area contributed by atoms with Gasteiger partial charge in [-0.25, -0.2) is 4.39 Å². The van der Waals surface area contributed by atoms with Crippen LogP contribution in [-0.4, -0.2) is 33.1 Å². The molecule has 0 aliphatic heterocycles. The standard InChI is InChI=1S/C6H8BFN2O2/c8-5-1-6(5)10-3-4(2-9-10)7(11)12/h2-3,5-6,11-12H,1H2. The Balaban J connectivity index is 2.14. The van der Waals surface area contributed by atoms with Gasteiger partial charge in [-0.2, -0.15) is 5.10 Å². The van der Waals surface area contributed by atoms with Crippen LogP contribution in [0.4, 0.5) is 4.39 Å². The van der Waals surface area contributed by atoms with Crippen LogP contribution in [0.3, 0.4) is 0 Å². The fraction of sp³-hybridized carbons (Fsp3) is 0.500. The lowest BCUT2D eigenvalue weighted by molar-refractivity contribution is 0.424. The van der Waals surface area contributed by atoms with Gasteiger partial charge in [-0.1, -0.05) is 0 Å². The fourth-order valence-corrected chi connectivity index (χ4v) is 1.09. The summed E-state index contributed by atoms with van der Waals surface area (Å²) in [6.45, 7) is 0. The van der Waals surface area contributed by atoms with Crippen LogP contribution in [0.2, 0.25) is 0 Å². The summed E-state index contributed by atoms with van der Waals surface area (Å²) >= 11 is 0. The maximum atomic E-state index is 12.5. The van der Waals surface area contributed by atoms with E-state index in [-0.39, 0.29) is 6.04 Å². The highest BCUT2D eigenvalue weighted by molar-refractivity contribution is 6.58. The van der Waals surface area contributed by atoms with Crippen LogP contribution in [-0.2, 0) is 0 Å². The minimum Gasteiger partial charge on any atom is -0.423 e. The smallest absolute Gasteiger partial charge is 0.423 e. The summed E-state index contributed by atoms with van der Waals surface area (Å²) in [4.78, 5) is 0. The lowest BCUT2D eigenvalue weighted by Gasteiger charge is -1.94. The van der Waals surface area contributed by atoms with Gasteiger partial charge >= 0.3 is 7.12 Å². The summed E-state index contributed by atoms with van der Waals surface area (Å²) in [7, 11) is -1.52. The minimum absolute atomic E-state index is 0.197. The molecule has 1 aromatic rings. The Kier molecular flexibility index (Phi) is 1.66. The average molecular weight is 170 g/mol. The van der Waals surface area contributed by atoms with E-state index in [0.717, 1.165) is 0 Å². The van der Waals surface area contributed by atoms with Crippen molar-refractivity contribution in [2.24, 2.45) is 0 Å². The second-order valence-electron chi connectivity index (χ2n) is 2.95. The van der Waals surface area contributed by atoms with Crippen LogP contribution in [0.5, 0.6) is 0 Å². The molecule has 6 heteroatoms. The van der Waals surface area contributed by atoms with E-state index in [1.165, 1.54) is 17.1 Å². The zero-order valence-electron chi connectivity index (χ0n) is 6.26. The van der Waals surface area contributed by atoms with Crippen molar-refractivity contribution in [2.45, 2.75) is 18.6 Å². The highest BCUT2D eigenvalue weighted by atomic mass is 19.1. The zero-order chi connectivity index (χ0) is 8.72. The predicted molar refractivity (Wildman–Crippen MR) is 40.6 cm³/mol. The molecule has 0 aromatic carbocycles. The van der Waals surface area contributed by atoms with Crippen LogP contribution >= 0.6 is 0 Å². The predicted octanol–water partition coefficient (Wildman–Crippen LogP) is -1.15. The van der Waals surface area contributed by atoms with Crippen molar-refractivity contribution < 1.29 is 14.4 Å². The number of alkyl halides is 1. The molecule has 1 aliphatic carbocycles. The summed E-state index contributed by atoms with van der Waals surface area (Å²) in [6, 6.07) is -0.197. The van der Waals surface area contributed by atoms with Crippen LogP contribution in [0.1, 0.15) is 12.5 Å². The Morgan fingerprint density at radius 3 is 2.75 bits per heavy atom. The fourth-order valence-electron chi connectivity index (χ4n) is 1.09. The molecule has 0 bridgehead atoms. The number of halogens is 1. The molecule has 2 atom stereocenters. The van der Waals surface area contributed by atoms with E-state index in [9.17, 15) is 4.39 Å². The van der Waals surface area contributed by atoms with E-state index in [0.29, 0.717) is 11.9 Å². The number of hydrogen-bond donors (Lipinski definition) is 2. The van der Waals surface area contributed by atoms with Gasteiger partial charge in [0.25, 0.3) is 0 Å². The van der Waals surface area contributed by atoms with Crippen LogP contribution in [0, 0.1) is 0 Å². The van der Waals surface area contributed by atoms with Gasteiger partial charge in [-0.15, -0.1) is 0 Å². The van der Waals surface area contributed by atoms with Crippen molar-refractivity contribution in [3.05, 3.63) is 12.4 Å². The van der Waals surface area contributed by atoms with Crippen LogP contribution < -0.4 is 5.46 Å². The maximum absolute atomic E-state index is 12.5. The number of aromatic nitrogens is 2. The number of rotatable bonds is 2. The summed E-state index contributed by atoms with van der Waals surface area (Å²) in [6.07, 6.45) is 2.43. The van der Waals surface area contributed by atoms with Gasteiger partial charge in [0, 0.05) is 24.3 Å². The zero-order valence-corrected chi connectivity index (χ0v) is 6.26. The molecule has 0 spiro atoms. The molecule has 64 valence electrons. The largest absolute Gasteiger partial charge is 0.491 e. The van der Waals surface area contributed by atoms with Gasteiger partial charge in [0.15, 0.2) is 0 Å². The van der Waals surface area contributed by atoms with Crippen molar-refractivity contribution >= 4 is 12.6 Å². The first kappa shape index (κ1) is 7.76. The highest BCUT2D eigenvalue weighted by Gasteiger charge is 2.40. The molecular formula is C6H8BFN2O2. The highest BCUT2D eigenvalue weighted by Crippen LogP contribution is 2.37. The van der Waals surface area contributed by atoms with Crippen molar-refractivity contribution in [1.82, 2.24) is 9.78 Å². The number of hydrogen-bond acceptors (Lipinski definition) is 3. The van der Waals surface area contributed by atoms with Crippen molar-refractivity contribution in [2.75, 3.05) is 0 Å². The van der Waals surface area contributed by atoms with Gasteiger partial charge in [0.05, 0.1) is 6.04 Å². The third kappa shape index (κ3) is 1.23. The van der Waals surface area contributed by atoms with Gasteiger partial charge in [0.1, 0.15) is 6.17 Å². The van der Waals surface area contributed by atoms with Gasteiger partial charge in [-0.3, -0.25) is 4.68 Å². The van der Waals surface area contributed by atoms with E-state index >= 15 is 0 Å². The molecular weight excluding hydrogens is 162 g/mol. The Morgan fingerprint density at radius 1 is 1.67 bits per heavy atom. The second kappa shape index (κ2) is 2.57. The summed E-state index contributed by atoms with van der Waals surface area (Å²) in [5.41, 5.74) is 0.300. The van der Waals surface area contributed by atoms with Gasteiger partial charge < -0.3 is 10.0 Å². The molecule has 0 amide bonds. The lowest BCUT2D eigenvalue weighted by Crippen LogP contribution is -2.28. The Hall–Kier alpha value is -0.875. The quantitative estimate of drug-likeness (QED) is 0.550. The summed E-state index contributed by atoms with van der Waals surface area (Å²) < 4.78 is 13.9. The van der Waals surface area contributed by atoms with E-state index in [4.69, 9.17) is 10.0 Å². The molecule has 1 fully saturated rings. The average Bonchev–Trinajstić information content (AvgIpc) is 2.59. The monoisotopic (exact) mass is 170 g/mol. The van der Waals surface area contributed by atoms with Crippen LogP contribution in [0.15, 0.2) is 12.4 Å². The molecule has 1 saturated carbocycles. The molecule has 0 saturated heterocycles. The molecule has 12 heavy (non-hydrogen) atoms. The normalized spacial score (nSPS) is 27.2. The maximum Gasteiger partial charge on any atom is 0.491 e. The van der Waals surface area contributed by atoms with Crippen molar-refractivity contribution in [1.29, 1.82) is 0 Å². The second-order valence-corrected chi connectivity index (χ2v) is 2.95. The Bertz CT molecular complexity index is 291. The SMILES string of the molecule is OB(O)c1cnn(C2CC2F)c1. The molecule has 2 N–H and O–H groups in total. The topological polar surface area (TPSA) is 58.3 Å². The molecule has 2 rings (SSSR count). The molecule has 0 radical (unpaired) electrons. The van der Waals surface area contributed by atoms with E-state index in [1.807, 2.05) is 0 Å². The third-order valence-corrected chi connectivity index (χ3v) is 1.94. The molecule has 1 aliphatic rings. The first-order chi connectivity index (χ1) is 5.68. The van der Waals surface area contributed by atoms with Gasteiger partial charge in [-0.05, 0) is 0 Å². The third-order valence-electron chi connectivity index (χ3n) is 1.94. The molecule has 1 heterocycles.